The van der Waals surface area contributed by atoms with Gasteiger partial charge in [-0.3, -0.25) is 24.1 Å². The Kier molecular flexibility index (Phi) is 11.2. The number of aryl methyl sites for hydroxylation is 1. The van der Waals surface area contributed by atoms with Crippen LogP contribution in [0, 0.1) is 6.92 Å². The van der Waals surface area contributed by atoms with Crippen LogP contribution in [0.1, 0.15) is 79.6 Å². The van der Waals surface area contributed by atoms with E-state index in [1.165, 1.54) is 36.2 Å². The highest BCUT2D eigenvalue weighted by molar-refractivity contribution is 7.09. The van der Waals surface area contributed by atoms with Crippen LogP contribution in [0.5, 0.6) is 0 Å². The van der Waals surface area contributed by atoms with E-state index < -0.39 is 36.0 Å². The monoisotopic (exact) mass is 700 g/mol. The van der Waals surface area contributed by atoms with Gasteiger partial charge in [-0.15, -0.1) is 11.3 Å². The first kappa shape index (κ1) is 35.2. The van der Waals surface area contributed by atoms with Crippen LogP contribution in [0.15, 0.2) is 53.9 Å². The maximum Gasteiger partial charge on any atom is 0.303 e. The van der Waals surface area contributed by atoms with Gasteiger partial charge in [-0.2, -0.15) is 0 Å². The number of hydrogen-bond acceptors (Lipinski definition) is 10. The predicted octanol–water partition coefficient (Wildman–Crippen LogP) is 4.68. The van der Waals surface area contributed by atoms with Crippen molar-refractivity contribution >= 4 is 46.1 Å². The molecule has 2 aliphatic heterocycles. The number of aromatic nitrogens is 3. The summed E-state index contributed by atoms with van der Waals surface area (Å²) in [6.45, 7) is 8.22. The second kappa shape index (κ2) is 15.9. The van der Waals surface area contributed by atoms with Gasteiger partial charge < -0.3 is 24.3 Å². The minimum Gasteiger partial charge on any atom is -0.448 e. The molecule has 4 aromatic rings. The number of likely N-dealkylation sites (tertiary alicyclic amines) is 2. The fraction of sp³-hybridized carbons (Fsp3) is 0.459. The number of amides is 2. The number of nitrogens with one attached hydrogen (secondary N) is 1. The normalized spacial score (nSPS) is 17.7. The summed E-state index contributed by atoms with van der Waals surface area (Å²) < 4.78 is 13.0. The van der Waals surface area contributed by atoms with Gasteiger partial charge in [0.1, 0.15) is 10.8 Å². The molecule has 2 aromatic heterocycles. The lowest BCUT2D eigenvalue weighted by Gasteiger charge is -2.32. The topological polar surface area (TPSA) is 136 Å². The number of nitrogens with zero attached hydrogens (tertiary/aromatic N) is 5. The summed E-state index contributed by atoms with van der Waals surface area (Å²) >= 11 is 1.37. The molecule has 2 amide bonds. The number of ether oxygens (including phenoxy) is 2. The molecular formula is C37H44N6O6S. The molecule has 0 saturated carbocycles. The smallest absolute Gasteiger partial charge is 0.303 e. The molecule has 4 heterocycles. The van der Waals surface area contributed by atoms with Gasteiger partial charge >= 0.3 is 11.9 Å². The van der Waals surface area contributed by atoms with E-state index in [1.807, 2.05) is 48.7 Å². The van der Waals surface area contributed by atoms with Crippen LogP contribution in [-0.2, 0) is 48.3 Å². The molecule has 264 valence electrons. The van der Waals surface area contributed by atoms with E-state index in [2.05, 4.69) is 36.9 Å². The van der Waals surface area contributed by atoms with Gasteiger partial charge in [0.15, 0.2) is 0 Å². The van der Waals surface area contributed by atoms with E-state index in [0.29, 0.717) is 18.1 Å². The molecule has 0 aliphatic carbocycles. The number of imidazole rings is 1. The van der Waals surface area contributed by atoms with Gasteiger partial charge in [-0.05, 0) is 69.0 Å². The average molecular weight is 701 g/mol. The Bertz CT molecular complexity index is 1850. The van der Waals surface area contributed by atoms with E-state index in [9.17, 15) is 19.2 Å². The van der Waals surface area contributed by atoms with Crippen LogP contribution in [0.2, 0.25) is 0 Å². The van der Waals surface area contributed by atoms with Crippen molar-refractivity contribution in [1.82, 2.24) is 29.7 Å². The van der Waals surface area contributed by atoms with Gasteiger partial charge in [0.2, 0.25) is 12.2 Å². The summed E-state index contributed by atoms with van der Waals surface area (Å²) in [5.74, 6) is -2.01. The Morgan fingerprint density at radius 1 is 0.900 bits per heavy atom. The lowest BCUT2D eigenvalue weighted by molar-refractivity contribution is -0.178. The molecule has 3 atom stereocenters. The number of carbonyl (C=O) groups excluding carboxylic acids is 4. The SMILES string of the molecule is CC(=O)O[C@@H](C(=O)NCc1nc(Cn2c(C)nc3ccccc32)cs1)[C@@H](OC(C)=O)C(=O)N1CCCC1c1cccc(CN2CCCCC2)c1. The van der Waals surface area contributed by atoms with Gasteiger partial charge in [0, 0.05) is 32.3 Å². The number of carbonyl (C=O) groups is 4. The Hall–Kier alpha value is -4.62. The minimum atomic E-state index is -1.69. The molecule has 2 saturated heterocycles. The molecule has 2 aliphatic rings. The third kappa shape index (κ3) is 8.39. The van der Waals surface area contributed by atoms with Crippen LogP contribution in [-0.4, -0.2) is 79.9 Å². The number of rotatable bonds is 12. The fourth-order valence-electron chi connectivity index (χ4n) is 6.99. The standard InChI is InChI=1S/C37H44N6O6S/c1-24-39-30-13-5-6-14-32(30)43(24)22-29-23-50-33(40-29)20-38-36(46)34(48-25(2)44)35(49-26(3)45)37(47)42-18-10-15-31(42)28-12-9-11-27(19-28)21-41-16-7-4-8-17-41/h5-6,9,11-14,19,23,31,34-35H,4,7-8,10,15-18,20-22H2,1-3H3,(H,38,46)/t31?,34-,35-/m1/s1. The van der Waals surface area contributed by atoms with Crippen molar-refractivity contribution in [3.8, 4) is 0 Å². The first-order valence-corrected chi connectivity index (χ1v) is 18.1. The fourth-order valence-corrected chi connectivity index (χ4v) is 7.72. The number of hydrogen-bond donors (Lipinski definition) is 1. The van der Waals surface area contributed by atoms with E-state index in [4.69, 9.17) is 9.47 Å². The Morgan fingerprint density at radius 3 is 2.44 bits per heavy atom. The van der Waals surface area contributed by atoms with Gasteiger partial charge in [0.05, 0.1) is 35.9 Å². The number of esters is 2. The molecule has 0 bridgehead atoms. The zero-order chi connectivity index (χ0) is 35.2. The maximum atomic E-state index is 14.2. The Labute approximate surface area is 295 Å². The zero-order valence-electron chi connectivity index (χ0n) is 28.8. The van der Waals surface area contributed by atoms with Crippen molar-refractivity contribution in [2.24, 2.45) is 0 Å². The van der Waals surface area contributed by atoms with Crippen LogP contribution in [0.3, 0.4) is 0 Å². The molecule has 2 aromatic carbocycles. The summed E-state index contributed by atoms with van der Waals surface area (Å²) in [6, 6.07) is 15.9. The third-order valence-electron chi connectivity index (χ3n) is 9.27. The summed E-state index contributed by atoms with van der Waals surface area (Å²) in [5.41, 5.74) is 4.87. The molecular weight excluding hydrogens is 657 g/mol. The van der Waals surface area contributed by atoms with Crippen molar-refractivity contribution in [3.63, 3.8) is 0 Å². The minimum absolute atomic E-state index is 0.0298. The summed E-state index contributed by atoms with van der Waals surface area (Å²) in [7, 11) is 0. The number of thiazole rings is 1. The molecule has 0 spiro atoms. The Balaban J connectivity index is 1.15. The highest BCUT2D eigenvalue weighted by atomic mass is 32.1. The van der Waals surface area contributed by atoms with Crippen LogP contribution in [0.25, 0.3) is 11.0 Å². The number of para-hydroxylation sites is 2. The van der Waals surface area contributed by atoms with Crippen molar-refractivity contribution in [2.75, 3.05) is 19.6 Å². The lowest BCUT2D eigenvalue weighted by Crippen LogP contribution is -2.53. The zero-order valence-corrected chi connectivity index (χ0v) is 29.6. The molecule has 1 unspecified atom stereocenters. The second-order valence-corrected chi connectivity index (χ2v) is 14.0. The predicted molar refractivity (Wildman–Crippen MR) is 188 cm³/mol. The number of benzene rings is 2. The third-order valence-corrected chi connectivity index (χ3v) is 10.2. The second-order valence-electron chi connectivity index (χ2n) is 13.0. The molecule has 1 N–H and O–H groups in total. The molecule has 6 rings (SSSR count). The highest BCUT2D eigenvalue weighted by Gasteiger charge is 2.44. The van der Waals surface area contributed by atoms with Crippen molar-refractivity contribution < 1.29 is 28.7 Å². The lowest BCUT2D eigenvalue weighted by atomic mass is 10.0. The molecule has 0 radical (unpaired) electrons. The first-order valence-electron chi connectivity index (χ1n) is 17.2. The largest absolute Gasteiger partial charge is 0.448 e. The van der Waals surface area contributed by atoms with Crippen molar-refractivity contribution in [2.45, 2.75) is 90.8 Å². The molecule has 13 heteroatoms. The van der Waals surface area contributed by atoms with Crippen LogP contribution in [0.4, 0.5) is 0 Å². The van der Waals surface area contributed by atoms with Gasteiger partial charge in [-0.1, -0.05) is 42.8 Å². The molecule has 2 fully saturated rings. The van der Waals surface area contributed by atoms with Gasteiger partial charge in [-0.25, -0.2) is 9.97 Å². The van der Waals surface area contributed by atoms with Crippen molar-refractivity contribution in [1.29, 1.82) is 0 Å². The van der Waals surface area contributed by atoms with Crippen molar-refractivity contribution in [3.05, 3.63) is 81.6 Å². The van der Waals surface area contributed by atoms with E-state index in [-0.39, 0.29) is 12.6 Å². The van der Waals surface area contributed by atoms with E-state index in [0.717, 1.165) is 74.4 Å². The maximum absolute atomic E-state index is 14.2. The molecule has 12 nitrogen and oxygen atoms in total. The summed E-state index contributed by atoms with van der Waals surface area (Å²) in [6.07, 6.45) is 1.79. The van der Waals surface area contributed by atoms with Gasteiger partial charge in [0.25, 0.3) is 11.8 Å². The number of fused-ring (bicyclic) bond motifs is 1. The quantitative estimate of drug-likeness (QED) is 0.209. The molecule has 50 heavy (non-hydrogen) atoms. The first-order chi connectivity index (χ1) is 24.2. The van der Waals surface area contributed by atoms with E-state index >= 15 is 0 Å². The van der Waals surface area contributed by atoms with Crippen LogP contribution >= 0.6 is 11.3 Å². The van der Waals surface area contributed by atoms with E-state index in [1.54, 1.807) is 4.90 Å². The Morgan fingerprint density at radius 2 is 1.66 bits per heavy atom. The summed E-state index contributed by atoms with van der Waals surface area (Å²) in [4.78, 5) is 65.8. The summed E-state index contributed by atoms with van der Waals surface area (Å²) in [5, 5.41) is 5.29. The average Bonchev–Trinajstić information content (AvgIpc) is 3.85. The van der Waals surface area contributed by atoms with Crippen LogP contribution < -0.4 is 5.32 Å². The number of piperidine rings is 1. The highest BCUT2D eigenvalue weighted by Crippen LogP contribution is 2.34.